The van der Waals surface area contributed by atoms with Crippen molar-refractivity contribution in [2.24, 2.45) is 0 Å². The van der Waals surface area contributed by atoms with Gasteiger partial charge in [0.05, 0.1) is 12.8 Å². The minimum atomic E-state index is -3.25. The van der Waals surface area contributed by atoms with Crippen LogP contribution in [0.5, 0.6) is 0 Å². The topological polar surface area (TPSA) is 78.4 Å². The molecule has 0 saturated carbocycles. The van der Waals surface area contributed by atoms with Gasteiger partial charge in [0.1, 0.15) is 0 Å². The molecule has 0 bridgehead atoms. The summed E-state index contributed by atoms with van der Waals surface area (Å²) in [7, 11) is -6.00. The Labute approximate surface area is 327 Å². The highest BCUT2D eigenvalue weighted by molar-refractivity contribution is 6.91. The molecule has 3 N–H and O–H groups in total. The number of rotatable bonds is 10. The molecule has 0 heterocycles. The second-order valence-electron chi connectivity index (χ2n) is 18.6. The van der Waals surface area contributed by atoms with E-state index < -0.39 is 26.8 Å². The maximum absolute atomic E-state index is 16.3. The standard InChI is InChI=1S/C23H32FNOSi.C23H33NO2Si/c1-22(2,3)27(24,23(4,5)6)20-14-12-18(13-15-20)16-21(26)25-17-19-10-8-7-9-11-19;1-22(2,3)27(26,23(4,5)6)20-14-12-18(13-15-20)16-21(25)24-17-19-10-8-7-9-11-19/h7-15H,16-17H2,1-6H3,(H,25,26);7-15,26H,16-17H2,1-6H3,(H,24,25)/i24-1;. The Kier molecular flexibility index (Phi) is 14.6. The van der Waals surface area contributed by atoms with Gasteiger partial charge >= 0.3 is 0 Å². The molecule has 2 amide bonds. The number of benzene rings is 4. The lowest BCUT2D eigenvalue weighted by Crippen LogP contribution is -2.61. The van der Waals surface area contributed by atoms with Gasteiger partial charge in [-0.1, -0.05) is 192 Å². The predicted molar refractivity (Wildman–Crippen MR) is 230 cm³/mol. The van der Waals surface area contributed by atoms with Crippen molar-refractivity contribution in [1.29, 1.82) is 0 Å². The quantitative estimate of drug-likeness (QED) is 0.111. The fourth-order valence-electron chi connectivity index (χ4n) is 7.79. The minimum Gasteiger partial charge on any atom is -0.426 e. The minimum absolute atomic E-state index is 0.00533. The number of nitrogens with one attached hydrogen (secondary N) is 2. The van der Waals surface area contributed by atoms with Crippen molar-refractivity contribution in [3.05, 3.63) is 131 Å². The Balaban J connectivity index is 0.000000290. The van der Waals surface area contributed by atoms with Gasteiger partial charge in [0.2, 0.25) is 20.1 Å². The summed E-state index contributed by atoms with van der Waals surface area (Å²) in [5, 5.41) is 6.56. The first-order valence-corrected chi connectivity index (χ1v) is 22.9. The van der Waals surface area contributed by atoms with Crippen molar-refractivity contribution in [2.45, 2.75) is 129 Å². The summed E-state index contributed by atoms with van der Waals surface area (Å²) in [5.41, 5.74) is 4.03. The van der Waals surface area contributed by atoms with Gasteiger partial charge in [-0.05, 0) is 52.8 Å². The molecule has 0 aliphatic carbocycles. The molecule has 0 radical (unpaired) electrons. The zero-order chi connectivity index (χ0) is 40.6. The molecule has 4 rings (SSSR count). The molecule has 54 heavy (non-hydrogen) atoms. The second kappa shape index (κ2) is 17.7. The largest absolute Gasteiger partial charge is 0.426 e. The fraction of sp³-hybridized carbons (Fsp3) is 0.435. The molecule has 4 aromatic carbocycles. The van der Waals surface area contributed by atoms with Gasteiger partial charge in [-0.25, -0.2) is 0 Å². The molecule has 0 aliphatic heterocycles. The molecule has 8 heteroatoms. The van der Waals surface area contributed by atoms with Crippen LogP contribution in [0, 0.1) is 0 Å². The highest BCUT2D eigenvalue weighted by atomic mass is 28.4. The van der Waals surface area contributed by atoms with Crippen molar-refractivity contribution in [1.82, 2.24) is 10.6 Å². The van der Waals surface area contributed by atoms with E-state index in [0.717, 1.165) is 32.6 Å². The van der Waals surface area contributed by atoms with Crippen LogP contribution in [0.2, 0.25) is 20.2 Å². The summed E-state index contributed by atoms with van der Waals surface area (Å²) < 4.78 is 16.3. The molecule has 0 unspecified atom stereocenters. The van der Waals surface area contributed by atoms with Crippen LogP contribution in [0.4, 0.5) is 4.11 Å². The van der Waals surface area contributed by atoms with Crippen molar-refractivity contribution < 1.29 is 18.5 Å². The van der Waals surface area contributed by atoms with Gasteiger partial charge in [-0.2, -0.15) is 0 Å². The Morgan fingerprint density at radius 2 is 0.796 bits per heavy atom. The monoisotopic (exact) mass is 767 g/mol. The van der Waals surface area contributed by atoms with Crippen LogP contribution < -0.4 is 21.0 Å². The summed E-state index contributed by atoms with van der Waals surface area (Å²) in [6, 6.07) is 35.3. The average Bonchev–Trinajstić information content (AvgIpc) is 3.09. The van der Waals surface area contributed by atoms with E-state index in [9.17, 15) is 14.4 Å². The van der Waals surface area contributed by atoms with E-state index in [1.54, 1.807) is 0 Å². The molecule has 0 fully saturated rings. The first-order valence-electron chi connectivity index (χ1n) is 19.1. The Bertz CT molecular complexity index is 1620. The summed E-state index contributed by atoms with van der Waals surface area (Å²) in [6.07, 6.45) is 0.650. The van der Waals surface area contributed by atoms with Crippen LogP contribution in [0.25, 0.3) is 0 Å². The van der Waals surface area contributed by atoms with Crippen molar-refractivity contribution in [3.63, 3.8) is 0 Å². The lowest BCUT2D eigenvalue weighted by Gasteiger charge is -2.47. The Morgan fingerprint density at radius 3 is 1.09 bits per heavy atom. The Hall–Kier alpha value is -3.86. The van der Waals surface area contributed by atoms with Crippen molar-refractivity contribution in [2.75, 3.05) is 0 Å². The lowest BCUT2D eigenvalue weighted by molar-refractivity contribution is -0.121. The van der Waals surface area contributed by atoms with Gasteiger partial charge in [0.15, 0.2) is 0 Å². The number of amides is 2. The zero-order valence-electron chi connectivity index (χ0n) is 34.9. The molecule has 292 valence electrons. The van der Waals surface area contributed by atoms with Crippen LogP contribution in [-0.2, 0) is 35.5 Å². The molecule has 4 aromatic rings. The summed E-state index contributed by atoms with van der Waals surface area (Å²) >= 11 is 0. The summed E-state index contributed by atoms with van der Waals surface area (Å²) in [5.74, 6) is -0.0206. The third-order valence-electron chi connectivity index (χ3n) is 10.4. The smallest absolute Gasteiger partial charge is 0.288 e. The molecule has 0 aliphatic rings. The number of hydrogen-bond acceptors (Lipinski definition) is 3. The highest BCUT2D eigenvalue weighted by Gasteiger charge is 2.56. The maximum atomic E-state index is 16.3. The van der Waals surface area contributed by atoms with E-state index in [-0.39, 0.29) is 21.9 Å². The van der Waals surface area contributed by atoms with Crippen LogP contribution in [0.3, 0.4) is 0 Å². The zero-order valence-corrected chi connectivity index (χ0v) is 36.9. The van der Waals surface area contributed by atoms with Crippen molar-refractivity contribution >= 4 is 38.9 Å². The molecule has 5 nitrogen and oxygen atoms in total. The Morgan fingerprint density at radius 1 is 0.481 bits per heavy atom. The normalized spacial score (nSPS) is 12.7. The third kappa shape index (κ3) is 11.1. The van der Waals surface area contributed by atoms with Crippen molar-refractivity contribution in [3.8, 4) is 0 Å². The van der Waals surface area contributed by atoms with E-state index in [0.29, 0.717) is 25.9 Å². The lowest BCUT2D eigenvalue weighted by atomic mass is 10.1. The van der Waals surface area contributed by atoms with E-state index in [2.05, 4.69) is 52.2 Å². The van der Waals surface area contributed by atoms with Crippen LogP contribution in [0.15, 0.2) is 109 Å². The van der Waals surface area contributed by atoms with Crippen LogP contribution in [-0.4, -0.2) is 33.3 Å². The molecule has 0 aromatic heterocycles. The fourth-order valence-corrected chi connectivity index (χ4v) is 17.0. The number of carbonyl (C=O) groups excluding carboxylic acids is 2. The molecule has 0 atom stereocenters. The number of halogens is 1. The predicted octanol–water partition coefficient (Wildman–Crippen LogP) is 9.56. The first kappa shape index (κ1) is 44.5. The molecular weight excluding hydrogens is 703 g/mol. The SMILES string of the molecule is CC(C)(C)[Si](O)(c1ccc(CC(=O)NCc2ccccc2)cc1)C(C)(C)C.CC(C)(C)[Si]([18F])(c1ccc(CC(=O)NCc2ccccc2)cc1)C(C)(C)C. The number of hydrogen-bond donors (Lipinski definition) is 3. The van der Waals surface area contributed by atoms with E-state index in [1.165, 1.54) is 0 Å². The van der Waals surface area contributed by atoms with Gasteiger partial charge in [0.25, 0.3) is 8.41 Å². The maximum Gasteiger partial charge on any atom is 0.288 e. The van der Waals surface area contributed by atoms with E-state index >= 15 is 4.11 Å². The number of carbonyl (C=O) groups is 2. The van der Waals surface area contributed by atoms with Gasteiger partial charge in [-0.15, -0.1) is 0 Å². The molecule has 0 spiro atoms. The highest BCUT2D eigenvalue weighted by Crippen LogP contribution is 2.51. The first-order chi connectivity index (χ1) is 24.9. The van der Waals surface area contributed by atoms with Gasteiger partial charge < -0.3 is 19.5 Å². The third-order valence-corrected chi connectivity index (χ3v) is 21.1. The molecular formula is C46H65FN2O3Si2. The summed E-state index contributed by atoms with van der Waals surface area (Å²) in [6.45, 7) is 25.8. The van der Waals surface area contributed by atoms with Gasteiger partial charge in [-0.3, -0.25) is 9.59 Å². The van der Waals surface area contributed by atoms with E-state index in [1.807, 2.05) is 151 Å². The van der Waals surface area contributed by atoms with Gasteiger partial charge in [0, 0.05) is 13.1 Å². The summed E-state index contributed by atoms with van der Waals surface area (Å²) in [4.78, 5) is 36.1. The van der Waals surface area contributed by atoms with Crippen LogP contribution in [0.1, 0.15) is 105 Å². The van der Waals surface area contributed by atoms with E-state index in [4.69, 9.17) is 0 Å². The molecule has 0 saturated heterocycles. The average molecular weight is 768 g/mol. The second-order valence-corrected chi connectivity index (χ2v) is 28.5. The van der Waals surface area contributed by atoms with Crippen LogP contribution >= 0.6 is 0 Å².